The number of methoxy groups -OCH3 is 1. The van der Waals surface area contributed by atoms with Crippen LogP contribution in [-0.2, 0) is 9.53 Å². The van der Waals surface area contributed by atoms with Crippen molar-refractivity contribution in [3.05, 3.63) is 47.5 Å². The number of ether oxygens (including phenoxy) is 2. The van der Waals surface area contributed by atoms with Gasteiger partial charge < -0.3 is 19.9 Å². The number of rotatable bonds is 11. The minimum absolute atomic E-state index is 0.0681. The number of amides is 1. The van der Waals surface area contributed by atoms with Crippen molar-refractivity contribution in [2.45, 2.75) is 38.7 Å². The molecule has 0 bridgehead atoms. The number of aliphatic hydroxyl groups is 1. The van der Waals surface area contributed by atoms with Gasteiger partial charge in [-0.15, -0.1) is 0 Å². The van der Waals surface area contributed by atoms with E-state index in [0.29, 0.717) is 35.9 Å². The zero-order valence-electron chi connectivity index (χ0n) is 16.4. The number of aliphatic hydroxyl groups excluding tert-OH is 1. The summed E-state index contributed by atoms with van der Waals surface area (Å²) >= 11 is 5.98. The van der Waals surface area contributed by atoms with Crippen LogP contribution < -0.4 is 10.1 Å². The van der Waals surface area contributed by atoms with Crippen LogP contribution in [0.2, 0.25) is 5.02 Å². The van der Waals surface area contributed by atoms with Crippen molar-refractivity contribution in [1.29, 1.82) is 0 Å². The fourth-order valence-electron chi connectivity index (χ4n) is 2.82. The summed E-state index contributed by atoms with van der Waals surface area (Å²) in [6, 6.07) is 13.3. The number of halogens is 1. The van der Waals surface area contributed by atoms with Crippen molar-refractivity contribution >= 4 is 23.2 Å². The summed E-state index contributed by atoms with van der Waals surface area (Å²) in [6.45, 7) is 2.52. The van der Waals surface area contributed by atoms with Crippen LogP contribution in [-0.4, -0.2) is 37.4 Å². The molecule has 0 radical (unpaired) electrons. The first-order chi connectivity index (χ1) is 13.5. The van der Waals surface area contributed by atoms with E-state index in [9.17, 15) is 4.79 Å². The molecule has 2 N–H and O–H groups in total. The lowest BCUT2D eigenvalue weighted by atomic mass is 10.0. The van der Waals surface area contributed by atoms with Gasteiger partial charge >= 0.3 is 0 Å². The molecule has 0 aromatic heterocycles. The van der Waals surface area contributed by atoms with Gasteiger partial charge in [-0.25, -0.2) is 0 Å². The Morgan fingerprint density at radius 3 is 2.50 bits per heavy atom. The molecular formula is C22H28ClNO4. The predicted molar refractivity (Wildman–Crippen MR) is 113 cm³/mol. The normalized spacial score (nSPS) is 11.9. The molecule has 0 aliphatic heterocycles. The lowest BCUT2D eigenvalue weighted by Gasteiger charge is -2.18. The van der Waals surface area contributed by atoms with Crippen LogP contribution in [0.15, 0.2) is 42.5 Å². The fourth-order valence-corrected chi connectivity index (χ4v) is 2.94. The summed E-state index contributed by atoms with van der Waals surface area (Å²) in [5, 5.41) is 12.4. The van der Waals surface area contributed by atoms with Crippen LogP contribution >= 0.6 is 11.6 Å². The molecule has 0 saturated carbocycles. The molecule has 0 aliphatic rings. The van der Waals surface area contributed by atoms with Gasteiger partial charge in [0.05, 0.1) is 12.3 Å². The van der Waals surface area contributed by atoms with Crippen molar-refractivity contribution in [2.75, 3.05) is 25.6 Å². The molecule has 0 saturated heterocycles. The second-order valence-corrected chi connectivity index (χ2v) is 7.12. The van der Waals surface area contributed by atoms with E-state index < -0.39 is 0 Å². The minimum atomic E-state index is -0.161. The van der Waals surface area contributed by atoms with Gasteiger partial charge in [0.25, 0.3) is 0 Å². The molecule has 0 fully saturated rings. The molecule has 1 unspecified atom stereocenters. The number of nitrogens with one attached hydrogen (secondary N) is 1. The smallest absolute Gasteiger partial charge is 0.224 e. The maximum atomic E-state index is 12.3. The molecule has 2 aromatic carbocycles. The van der Waals surface area contributed by atoms with Gasteiger partial charge in [0.1, 0.15) is 11.9 Å². The maximum absolute atomic E-state index is 12.3. The van der Waals surface area contributed by atoms with E-state index >= 15 is 0 Å². The summed E-state index contributed by atoms with van der Waals surface area (Å²) < 4.78 is 11.2. The highest BCUT2D eigenvalue weighted by Crippen LogP contribution is 2.32. The zero-order valence-corrected chi connectivity index (χ0v) is 17.2. The van der Waals surface area contributed by atoms with Gasteiger partial charge in [-0.2, -0.15) is 0 Å². The summed E-state index contributed by atoms with van der Waals surface area (Å²) in [4.78, 5) is 12.3. The van der Waals surface area contributed by atoms with Gasteiger partial charge in [-0.05, 0) is 55.2 Å². The number of hydrogen-bond acceptors (Lipinski definition) is 4. The average Bonchev–Trinajstić information content (AvgIpc) is 2.67. The molecule has 0 aliphatic carbocycles. The van der Waals surface area contributed by atoms with E-state index in [2.05, 4.69) is 5.32 Å². The summed E-state index contributed by atoms with van der Waals surface area (Å²) in [6.07, 6.45) is 2.53. The second-order valence-electron chi connectivity index (χ2n) is 6.68. The Kier molecular flexibility index (Phi) is 9.28. The second kappa shape index (κ2) is 11.7. The number of benzene rings is 2. The molecule has 1 amide bonds. The summed E-state index contributed by atoms with van der Waals surface area (Å²) in [7, 11) is 1.62. The van der Waals surface area contributed by atoms with Crippen LogP contribution in [0.4, 0.5) is 5.69 Å². The Balaban J connectivity index is 2.17. The number of carbonyl (C=O) groups excluding carboxylic acids is 1. The number of anilines is 1. The topological polar surface area (TPSA) is 67.8 Å². The molecule has 2 rings (SSSR count). The van der Waals surface area contributed by atoms with E-state index in [-0.39, 0.29) is 18.6 Å². The van der Waals surface area contributed by atoms with Gasteiger partial charge in [-0.1, -0.05) is 36.2 Å². The summed E-state index contributed by atoms with van der Waals surface area (Å²) in [5.74, 6) is 0.530. The molecule has 2 aromatic rings. The van der Waals surface area contributed by atoms with Gasteiger partial charge in [0.15, 0.2) is 0 Å². The monoisotopic (exact) mass is 405 g/mol. The maximum Gasteiger partial charge on any atom is 0.224 e. The molecule has 28 heavy (non-hydrogen) atoms. The Labute approximate surface area is 171 Å². The lowest BCUT2D eigenvalue weighted by molar-refractivity contribution is -0.116. The van der Waals surface area contributed by atoms with Crippen molar-refractivity contribution in [3.8, 4) is 16.9 Å². The Morgan fingerprint density at radius 2 is 1.82 bits per heavy atom. The van der Waals surface area contributed by atoms with E-state index in [1.54, 1.807) is 7.11 Å². The van der Waals surface area contributed by atoms with Crippen LogP contribution in [0, 0.1) is 0 Å². The first kappa shape index (κ1) is 22.2. The molecule has 1 atom stereocenters. The van der Waals surface area contributed by atoms with Crippen molar-refractivity contribution in [1.82, 2.24) is 0 Å². The van der Waals surface area contributed by atoms with Gasteiger partial charge in [0, 0.05) is 25.2 Å². The Hall–Kier alpha value is -2.08. The summed E-state index contributed by atoms with van der Waals surface area (Å²) in [5.41, 5.74) is 2.61. The fraction of sp³-hybridized carbons (Fsp3) is 0.409. The van der Waals surface area contributed by atoms with E-state index in [1.807, 2.05) is 49.4 Å². The molecule has 6 heteroatoms. The van der Waals surface area contributed by atoms with Gasteiger partial charge in [-0.3, -0.25) is 4.79 Å². The van der Waals surface area contributed by atoms with Gasteiger partial charge in [0.2, 0.25) is 5.91 Å². The van der Waals surface area contributed by atoms with Crippen LogP contribution in [0.3, 0.4) is 0 Å². The first-order valence-electron chi connectivity index (χ1n) is 9.49. The first-order valence-corrected chi connectivity index (χ1v) is 9.87. The SMILES string of the molecule is COCC(C)Oc1cc(-c2ccc(Cl)cc2)ccc1NC(=O)CCCCCO. The largest absolute Gasteiger partial charge is 0.486 e. The number of carbonyl (C=O) groups is 1. The molecule has 5 nitrogen and oxygen atoms in total. The zero-order chi connectivity index (χ0) is 20.4. The molecular weight excluding hydrogens is 378 g/mol. The third kappa shape index (κ3) is 7.15. The highest BCUT2D eigenvalue weighted by atomic mass is 35.5. The molecule has 0 heterocycles. The van der Waals surface area contributed by atoms with Crippen LogP contribution in [0.1, 0.15) is 32.6 Å². The highest BCUT2D eigenvalue weighted by Gasteiger charge is 2.13. The molecule has 152 valence electrons. The Bertz CT molecular complexity index is 749. The average molecular weight is 406 g/mol. The highest BCUT2D eigenvalue weighted by molar-refractivity contribution is 6.30. The third-order valence-electron chi connectivity index (χ3n) is 4.22. The standard InChI is InChI=1S/C22H28ClNO4/c1-16(15-27-2)28-21-14-18(17-7-10-19(23)11-8-17)9-12-20(21)24-22(26)6-4-3-5-13-25/h7-12,14,16,25H,3-6,13,15H2,1-2H3,(H,24,26). The molecule has 0 spiro atoms. The van der Waals surface area contributed by atoms with E-state index in [1.165, 1.54) is 0 Å². The minimum Gasteiger partial charge on any atom is -0.486 e. The van der Waals surface area contributed by atoms with E-state index in [4.69, 9.17) is 26.2 Å². The number of unbranched alkanes of at least 4 members (excludes halogenated alkanes) is 2. The van der Waals surface area contributed by atoms with Crippen LogP contribution in [0.25, 0.3) is 11.1 Å². The third-order valence-corrected chi connectivity index (χ3v) is 4.48. The quantitative estimate of drug-likeness (QED) is 0.521. The predicted octanol–water partition coefficient (Wildman–Crippen LogP) is 4.91. The Morgan fingerprint density at radius 1 is 1.11 bits per heavy atom. The van der Waals surface area contributed by atoms with E-state index in [0.717, 1.165) is 24.0 Å². The number of hydrogen-bond donors (Lipinski definition) is 2. The van der Waals surface area contributed by atoms with Crippen molar-refractivity contribution in [2.24, 2.45) is 0 Å². The lowest BCUT2D eigenvalue weighted by Crippen LogP contribution is -2.20. The van der Waals surface area contributed by atoms with Crippen molar-refractivity contribution < 1.29 is 19.4 Å². The van der Waals surface area contributed by atoms with Crippen LogP contribution in [0.5, 0.6) is 5.75 Å². The van der Waals surface area contributed by atoms with Crippen molar-refractivity contribution in [3.63, 3.8) is 0 Å².